The Balaban J connectivity index is 1.31. The van der Waals surface area contributed by atoms with Crippen LogP contribution in [0.3, 0.4) is 0 Å². The van der Waals surface area contributed by atoms with Crippen LogP contribution in [0.4, 0.5) is 0 Å². The van der Waals surface area contributed by atoms with Gasteiger partial charge in [-0.15, -0.1) is 0 Å². The number of amides is 1. The predicted octanol–water partition coefficient (Wildman–Crippen LogP) is 6.00. The molecule has 35 heavy (non-hydrogen) atoms. The van der Waals surface area contributed by atoms with E-state index in [1.165, 1.54) is 6.21 Å². The number of nitrogens with one attached hydrogen (secondary N) is 1. The van der Waals surface area contributed by atoms with E-state index in [1.807, 2.05) is 36.4 Å². The summed E-state index contributed by atoms with van der Waals surface area (Å²) >= 11 is 0. The highest BCUT2D eigenvalue weighted by molar-refractivity contribution is 6.07. The molecule has 0 saturated heterocycles. The molecule has 4 rings (SSSR count). The van der Waals surface area contributed by atoms with Gasteiger partial charge in [0.2, 0.25) is 0 Å². The molecule has 0 aromatic heterocycles. The summed E-state index contributed by atoms with van der Waals surface area (Å²) in [5.74, 6) is 0.403. The lowest BCUT2D eigenvalue weighted by Gasteiger charge is -2.07. The highest BCUT2D eigenvalue weighted by Gasteiger charge is 2.10. The van der Waals surface area contributed by atoms with Crippen molar-refractivity contribution in [2.75, 3.05) is 6.61 Å². The maximum atomic E-state index is 12.6. The third-order valence-electron chi connectivity index (χ3n) is 5.36. The number of nitrogens with zero attached hydrogens (tertiary/aromatic N) is 1. The molecule has 0 atom stereocenters. The van der Waals surface area contributed by atoms with E-state index >= 15 is 0 Å². The molecule has 0 saturated carbocycles. The third kappa shape index (κ3) is 6.32. The van der Waals surface area contributed by atoms with Gasteiger partial charge in [0.25, 0.3) is 5.91 Å². The minimum Gasteiger partial charge on any atom is -0.494 e. The normalized spacial score (nSPS) is 10.9. The Morgan fingerprint density at radius 1 is 0.857 bits per heavy atom. The number of benzene rings is 4. The second kappa shape index (κ2) is 11.6. The number of unbranched alkanes of at least 4 members (excludes halogenated alkanes) is 1. The SMILES string of the molecule is CCCCOc1ccc(C(=O)Oc2ccc(/C=N/NC(=O)c3cccc4ccccc34)cc2)cc1. The molecule has 6 nitrogen and oxygen atoms in total. The topological polar surface area (TPSA) is 77.0 Å². The summed E-state index contributed by atoms with van der Waals surface area (Å²) in [5, 5.41) is 5.91. The molecule has 0 aliphatic heterocycles. The highest BCUT2D eigenvalue weighted by Crippen LogP contribution is 2.19. The van der Waals surface area contributed by atoms with Crippen molar-refractivity contribution in [1.29, 1.82) is 0 Å². The minimum absolute atomic E-state index is 0.287. The summed E-state index contributed by atoms with van der Waals surface area (Å²) in [4.78, 5) is 25.0. The molecule has 4 aromatic carbocycles. The van der Waals surface area contributed by atoms with Crippen molar-refractivity contribution >= 4 is 28.9 Å². The molecule has 1 N–H and O–H groups in total. The first-order valence-electron chi connectivity index (χ1n) is 11.5. The monoisotopic (exact) mass is 466 g/mol. The van der Waals surface area contributed by atoms with Gasteiger partial charge in [-0.05, 0) is 77.4 Å². The molecule has 0 unspecified atom stereocenters. The largest absolute Gasteiger partial charge is 0.494 e. The van der Waals surface area contributed by atoms with Crippen LogP contribution in [0.2, 0.25) is 0 Å². The molecule has 0 heterocycles. The van der Waals surface area contributed by atoms with Crippen LogP contribution >= 0.6 is 0 Å². The van der Waals surface area contributed by atoms with Gasteiger partial charge in [0.1, 0.15) is 11.5 Å². The van der Waals surface area contributed by atoms with Crippen LogP contribution in [0.5, 0.6) is 11.5 Å². The molecule has 6 heteroatoms. The summed E-state index contributed by atoms with van der Waals surface area (Å²) in [6.45, 7) is 2.76. The Morgan fingerprint density at radius 3 is 2.34 bits per heavy atom. The Hall–Kier alpha value is -4.45. The Morgan fingerprint density at radius 2 is 1.57 bits per heavy atom. The fraction of sp³-hybridized carbons (Fsp3) is 0.138. The van der Waals surface area contributed by atoms with Gasteiger partial charge in [-0.25, -0.2) is 10.2 Å². The number of carbonyl (C=O) groups excluding carboxylic acids is 2. The molecule has 0 spiro atoms. The number of hydrazone groups is 1. The van der Waals surface area contributed by atoms with Gasteiger partial charge in [-0.1, -0.05) is 49.7 Å². The maximum Gasteiger partial charge on any atom is 0.343 e. The van der Waals surface area contributed by atoms with Gasteiger partial charge < -0.3 is 9.47 Å². The average molecular weight is 467 g/mol. The second-order valence-corrected chi connectivity index (χ2v) is 7.91. The van der Waals surface area contributed by atoms with Crippen LogP contribution in [0.25, 0.3) is 10.8 Å². The zero-order chi connectivity index (χ0) is 24.5. The van der Waals surface area contributed by atoms with E-state index in [0.29, 0.717) is 23.5 Å². The highest BCUT2D eigenvalue weighted by atomic mass is 16.5. The summed E-state index contributed by atoms with van der Waals surface area (Å²) in [6.07, 6.45) is 3.59. The van der Waals surface area contributed by atoms with E-state index in [1.54, 1.807) is 54.6 Å². The summed E-state index contributed by atoms with van der Waals surface area (Å²) in [7, 11) is 0. The summed E-state index contributed by atoms with van der Waals surface area (Å²) in [5.41, 5.74) is 4.31. The number of carbonyl (C=O) groups is 2. The van der Waals surface area contributed by atoms with E-state index in [4.69, 9.17) is 9.47 Å². The molecule has 0 bridgehead atoms. The molecule has 176 valence electrons. The average Bonchev–Trinajstić information content (AvgIpc) is 2.90. The third-order valence-corrected chi connectivity index (χ3v) is 5.36. The van der Waals surface area contributed by atoms with Gasteiger partial charge in [0.05, 0.1) is 18.4 Å². The van der Waals surface area contributed by atoms with Gasteiger partial charge in [-0.3, -0.25) is 4.79 Å². The molecular weight excluding hydrogens is 440 g/mol. The van der Waals surface area contributed by atoms with E-state index < -0.39 is 5.97 Å². The molecule has 4 aromatic rings. The van der Waals surface area contributed by atoms with Crippen LogP contribution in [0.15, 0.2) is 96.1 Å². The maximum absolute atomic E-state index is 12.6. The summed E-state index contributed by atoms with van der Waals surface area (Å²) < 4.78 is 11.1. The summed E-state index contributed by atoms with van der Waals surface area (Å²) in [6, 6.07) is 27.0. The van der Waals surface area contributed by atoms with Gasteiger partial charge in [0, 0.05) is 5.56 Å². The molecular formula is C29H26N2O4. The quantitative estimate of drug-likeness (QED) is 0.108. The lowest BCUT2D eigenvalue weighted by atomic mass is 10.0. The molecule has 0 fully saturated rings. The van der Waals surface area contributed by atoms with Gasteiger partial charge >= 0.3 is 5.97 Å². The second-order valence-electron chi connectivity index (χ2n) is 7.91. The number of rotatable bonds is 9. The zero-order valence-electron chi connectivity index (χ0n) is 19.4. The van der Waals surface area contributed by atoms with Crippen molar-refractivity contribution in [3.63, 3.8) is 0 Å². The number of hydrogen-bond donors (Lipinski definition) is 1. The number of hydrogen-bond acceptors (Lipinski definition) is 5. The van der Waals surface area contributed by atoms with Crippen molar-refractivity contribution < 1.29 is 19.1 Å². The first-order valence-corrected chi connectivity index (χ1v) is 11.5. The van der Waals surface area contributed by atoms with E-state index in [-0.39, 0.29) is 5.91 Å². The smallest absolute Gasteiger partial charge is 0.343 e. The number of ether oxygens (including phenoxy) is 2. The standard InChI is InChI=1S/C29H26N2O4/c1-2-3-19-34-24-17-13-23(14-18-24)29(33)35-25-15-11-21(12-16-25)20-30-31-28(32)27-10-6-8-22-7-4-5-9-26(22)27/h4-18,20H,2-3,19H2,1H3,(H,31,32)/b30-20+. The van der Waals surface area contributed by atoms with Crippen LogP contribution in [0, 0.1) is 0 Å². The van der Waals surface area contributed by atoms with Crippen LogP contribution in [0.1, 0.15) is 46.0 Å². The molecule has 0 aliphatic carbocycles. The fourth-order valence-corrected chi connectivity index (χ4v) is 3.46. The first-order chi connectivity index (χ1) is 17.1. The van der Waals surface area contributed by atoms with Gasteiger partial charge in [-0.2, -0.15) is 5.10 Å². The van der Waals surface area contributed by atoms with Crippen molar-refractivity contribution in [3.05, 3.63) is 108 Å². The number of esters is 1. The van der Waals surface area contributed by atoms with Crippen molar-refractivity contribution in [2.45, 2.75) is 19.8 Å². The van der Waals surface area contributed by atoms with Crippen molar-refractivity contribution in [2.24, 2.45) is 5.10 Å². The lowest BCUT2D eigenvalue weighted by Crippen LogP contribution is -2.17. The Kier molecular flexibility index (Phi) is 7.86. The first kappa shape index (κ1) is 23.7. The Bertz CT molecular complexity index is 1320. The zero-order valence-corrected chi connectivity index (χ0v) is 19.4. The predicted molar refractivity (Wildman–Crippen MR) is 137 cm³/mol. The minimum atomic E-state index is -0.450. The van der Waals surface area contributed by atoms with Gasteiger partial charge in [0.15, 0.2) is 0 Å². The van der Waals surface area contributed by atoms with E-state index in [9.17, 15) is 9.59 Å². The lowest BCUT2D eigenvalue weighted by molar-refractivity contribution is 0.0734. The van der Waals surface area contributed by atoms with Crippen LogP contribution in [-0.4, -0.2) is 24.7 Å². The number of fused-ring (bicyclic) bond motifs is 1. The van der Waals surface area contributed by atoms with Crippen LogP contribution < -0.4 is 14.9 Å². The van der Waals surface area contributed by atoms with Crippen molar-refractivity contribution in [3.8, 4) is 11.5 Å². The Labute approximate surface area is 204 Å². The molecule has 0 radical (unpaired) electrons. The van der Waals surface area contributed by atoms with Crippen LogP contribution in [-0.2, 0) is 0 Å². The van der Waals surface area contributed by atoms with Crippen molar-refractivity contribution in [1.82, 2.24) is 5.43 Å². The molecule has 1 amide bonds. The van der Waals surface area contributed by atoms with E-state index in [2.05, 4.69) is 17.5 Å². The molecule has 0 aliphatic rings. The van der Waals surface area contributed by atoms with E-state index in [0.717, 1.165) is 34.9 Å². The fourth-order valence-electron chi connectivity index (χ4n) is 3.46.